The minimum absolute atomic E-state index is 0.252. The molecule has 1 saturated carbocycles. The number of ketones is 1. The van der Waals surface area contributed by atoms with Crippen LogP contribution in [0.25, 0.3) is 0 Å². The van der Waals surface area contributed by atoms with Crippen LogP contribution >= 0.6 is 11.8 Å². The number of hydrogen-bond donors (Lipinski definition) is 0. The van der Waals surface area contributed by atoms with E-state index in [1.54, 1.807) is 18.7 Å². The first-order valence-electron chi connectivity index (χ1n) is 6.67. The molecule has 1 aromatic rings. The van der Waals surface area contributed by atoms with Crippen molar-refractivity contribution in [2.75, 3.05) is 5.75 Å². The average molecular weight is 268 g/mol. The molecular weight excluding hydrogens is 248 g/mol. The van der Waals surface area contributed by atoms with Crippen LogP contribution in [0.4, 0.5) is 0 Å². The van der Waals surface area contributed by atoms with Crippen molar-refractivity contribution in [2.45, 2.75) is 63.1 Å². The van der Waals surface area contributed by atoms with Crippen molar-refractivity contribution in [3.8, 4) is 0 Å². The lowest BCUT2D eigenvalue weighted by Crippen LogP contribution is -2.15. The lowest BCUT2D eigenvalue weighted by molar-refractivity contribution is -0.117. The monoisotopic (exact) mass is 268 g/mol. The smallest absolute Gasteiger partial charge is 0.209 e. The van der Waals surface area contributed by atoms with Gasteiger partial charge in [-0.2, -0.15) is 0 Å². The van der Waals surface area contributed by atoms with Crippen LogP contribution in [0, 0.1) is 0 Å². The molecule has 1 aromatic heterocycles. The predicted octanol–water partition coefficient (Wildman–Crippen LogP) is 2.64. The van der Waals surface area contributed by atoms with Gasteiger partial charge in [0, 0.05) is 12.2 Å². The molecule has 1 aliphatic carbocycles. The van der Waals surface area contributed by atoms with Crippen LogP contribution in [0.2, 0.25) is 0 Å². The summed E-state index contributed by atoms with van der Waals surface area (Å²) in [7, 11) is 0. The molecular formula is C12H20N4OS. The molecule has 1 fully saturated rings. The highest BCUT2D eigenvalue weighted by atomic mass is 32.2. The van der Waals surface area contributed by atoms with Gasteiger partial charge in [0.1, 0.15) is 5.78 Å². The van der Waals surface area contributed by atoms with Crippen LogP contribution < -0.4 is 0 Å². The standard InChI is InChI=1S/C12H20N4OS/c1-10(17)6-5-9-18-12-13-14-15-16(12)11-7-3-2-4-8-11/h11H,2-9H2,1H3. The molecule has 6 heteroatoms. The van der Waals surface area contributed by atoms with Gasteiger partial charge in [0.05, 0.1) is 6.04 Å². The maximum Gasteiger partial charge on any atom is 0.209 e. The highest BCUT2D eigenvalue weighted by molar-refractivity contribution is 7.99. The number of carbonyl (C=O) groups is 1. The third kappa shape index (κ3) is 3.80. The number of rotatable bonds is 6. The molecule has 18 heavy (non-hydrogen) atoms. The lowest BCUT2D eigenvalue weighted by Gasteiger charge is -2.21. The number of nitrogens with zero attached hydrogens (tertiary/aromatic N) is 4. The van der Waals surface area contributed by atoms with Crippen molar-refractivity contribution < 1.29 is 4.79 Å². The van der Waals surface area contributed by atoms with E-state index in [-0.39, 0.29) is 5.78 Å². The number of thioether (sulfide) groups is 1. The molecule has 0 N–H and O–H groups in total. The number of tetrazole rings is 1. The van der Waals surface area contributed by atoms with Gasteiger partial charge in [-0.25, -0.2) is 4.68 Å². The van der Waals surface area contributed by atoms with Gasteiger partial charge in [0.2, 0.25) is 5.16 Å². The molecule has 0 aromatic carbocycles. The van der Waals surface area contributed by atoms with E-state index in [1.165, 1.54) is 32.1 Å². The Morgan fingerprint density at radius 1 is 1.39 bits per heavy atom. The van der Waals surface area contributed by atoms with Crippen LogP contribution in [0.1, 0.15) is 57.9 Å². The molecule has 0 aliphatic heterocycles. The van der Waals surface area contributed by atoms with E-state index in [2.05, 4.69) is 15.5 Å². The third-order valence-corrected chi connectivity index (χ3v) is 4.31. The Hall–Kier alpha value is -0.910. The number of aromatic nitrogens is 4. The van der Waals surface area contributed by atoms with Crippen LogP contribution in [0.5, 0.6) is 0 Å². The van der Waals surface area contributed by atoms with E-state index in [9.17, 15) is 4.79 Å². The van der Waals surface area contributed by atoms with Gasteiger partial charge in [0.15, 0.2) is 0 Å². The molecule has 0 saturated heterocycles. The van der Waals surface area contributed by atoms with Gasteiger partial charge in [0.25, 0.3) is 0 Å². The molecule has 2 rings (SSSR count). The molecule has 0 spiro atoms. The van der Waals surface area contributed by atoms with E-state index in [0.29, 0.717) is 12.5 Å². The predicted molar refractivity (Wildman–Crippen MR) is 70.6 cm³/mol. The average Bonchev–Trinajstić information content (AvgIpc) is 2.84. The third-order valence-electron chi connectivity index (χ3n) is 3.29. The SMILES string of the molecule is CC(=O)CCCSc1nnnn1C1CCCCC1. The molecule has 100 valence electrons. The quantitative estimate of drug-likeness (QED) is 0.586. The second kappa shape index (κ2) is 6.87. The van der Waals surface area contributed by atoms with Crippen molar-refractivity contribution in [1.29, 1.82) is 0 Å². The number of carbonyl (C=O) groups excluding carboxylic acids is 1. The van der Waals surface area contributed by atoms with Crippen LogP contribution in [0.3, 0.4) is 0 Å². The molecule has 0 bridgehead atoms. The first-order valence-corrected chi connectivity index (χ1v) is 7.66. The summed E-state index contributed by atoms with van der Waals surface area (Å²) >= 11 is 1.66. The summed E-state index contributed by atoms with van der Waals surface area (Å²) < 4.78 is 1.98. The number of Topliss-reactive ketones (excluding diaryl/α,β-unsaturated/α-hetero) is 1. The molecule has 5 nitrogen and oxygen atoms in total. The summed E-state index contributed by atoms with van der Waals surface area (Å²) in [6, 6.07) is 0.476. The van der Waals surface area contributed by atoms with Crippen LogP contribution in [0.15, 0.2) is 5.16 Å². The second-order valence-corrected chi connectivity index (χ2v) is 5.91. The van der Waals surface area contributed by atoms with E-state index in [4.69, 9.17) is 0 Å². The molecule has 0 unspecified atom stereocenters. The van der Waals surface area contributed by atoms with E-state index >= 15 is 0 Å². The molecule has 1 heterocycles. The van der Waals surface area contributed by atoms with Crippen molar-refractivity contribution >= 4 is 17.5 Å². The fraction of sp³-hybridized carbons (Fsp3) is 0.833. The lowest BCUT2D eigenvalue weighted by atomic mass is 9.96. The Morgan fingerprint density at radius 3 is 2.89 bits per heavy atom. The molecule has 0 atom stereocenters. The van der Waals surface area contributed by atoms with Gasteiger partial charge in [-0.15, -0.1) is 5.10 Å². The van der Waals surface area contributed by atoms with Gasteiger partial charge >= 0.3 is 0 Å². The first kappa shape index (κ1) is 13.5. The molecule has 0 amide bonds. The summed E-state index contributed by atoms with van der Waals surface area (Å²) in [5, 5.41) is 12.9. The Morgan fingerprint density at radius 2 is 2.17 bits per heavy atom. The zero-order valence-electron chi connectivity index (χ0n) is 10.8. The second-order valence-electron chi connectivity index (χ2n) is 4.85. The molecule has 1 aliphatic rings. The summed E-state index contributed by atoms with van der Waals surface area (Å²) in [6.07, 6.45) is 7.81. The topological polar surface area (TPSA) is 60.7 Å². The minimum Gasteiger partial charge on any atom is -0.300 e. The fourth-order valence-electron chi connectivity index (χ4n) is 2.32. The van der Waals surface area contributed by atoms with Crippen molar-refractivity contribution in [1.82, 2.24) is 20.2 Å². The Balaban J connectivity index is 1.85. The summed E-state index contributed by atoms with van der Waals surface area (Å²) in [6.45, 7) is 1.64. The normalized spacial score (nSPS) is 16.9. The molecule has 0 radical (unpaired) electrons. The van der Waals surface area contributed by atoms with Crippen LogP contribution in [-0.2, 0) is 4.79 Å². The highest BCUT2D eigenvalue weighted by Crippen LogP contribution is 2.30. The van der Waals surface area contributed by atoms with E-state index in [1.807, 2.05) is 4.68 Å². The maximum absolute atomic E-state index is 10.9. The Bertz CT molecular complexity index is 387. The maximum atomic E-state index is 10.9. The minimum atomic E-state index is 0.252. The van der Waals surface area contributed by atoms with E-state index in [0.717, 1.165) is 17.3 Å². The zero-order chi connectivity index (χ0) is 12.8. The van der Waals surface area contributed by atoms with Crippen LogP contribution in [-0.4, -0.2) is 31.7 Å². The Labute approximate surface area is 112 Å². The number of hydrogen-bond acceptors (Lipinski definition) is 5. The highest BCUT2D eigenvalue weighted by Gasteiger charge is 2.19. The van der Waals surface area contributed by atoms with Gasteiger partial charge in [-0.3, -0.25) is 0 Å². The van der Waals surface area contributed by atoms with Gasteiger partial charge in [-0.05, 0) is 36.6 Å². The largest absolute Gasteiger partial charge is 0.300 e. The van der Waals surface area contributed by atoms with Crippen molar-refractivity contribution in [3.05, 3.63) is 0 Å². The Kier molecular flexibility index (Phi) is 5.16. The van der Waals surface area contributed by atoms with Gasteiger partial charge < -0.3 is 4.79 Å². The summed E-state index contributed by atoms with van der Waals surface area (Å²) in [5.41, 5.74) is 0. The first-order chi connectivity index (χ1) is 8.77. The zero-order valence-corrected chi connectivity index (χ0v) is 11.7. The van der Waals surface area contributed by atoms with Gasteiger partial charge in [-0.1, -0.05) is 31.0 Å². The summed E-state index contributed by atoms with van der Waals surface area (Å²) in [5.74, 6) is 1.16. The van der Waals surface area contributed by atoms with E-state index < -0.39 is 0 Å². The fourth-order valence-corrected chi connectivity index (χ4v) is 3.20. The summed E-state index contributed by atoms with van der Waals surface area (Å²) in [4.78, 5) is 10.9. The van der Waals surface area contributed by atoms with Crippen molar-refractivity contribution in [3.63, 3.8) is 0 Å². The van der Waals surface area contributed by atoms with Crippen molar-refractivity contribution in [2.24, 2.45) is 0 Å².